The Morgan fingerprint density at radius 3 is 0.683 bits per heavy atom. The quantitative estimate of drug-likeness (QED) is 0.0222. The van der Waals surface area contributed by atoms with Crippen LogP contribution in [-0.2, 0) is 65.4 Å². The minimum atomic E-state index is -4.97. The van der Waals surface area contributed by atoms with E-state index < -0.39 is 97.5 Å². The van der Waals surface area contributed by atoms with Gasteiger partial charge in [-0.3, -0.25) is 37.3 Å². The van der Waals surface area contributed by atoms with Crippen LogP contribution in [0.1, 0.15) is 441 Å². The third-order valence-corrected chi connectivity index (χ3v) is 22.4. The molecule has 0 aliphatic heterocycles. The maximum atomic E-state index is 13.1. The molecular formula is C85H166O17P2. The van der Waals surface area contributed by atoms with E-state index in [1.807, 2.05) is 0 Å². The molecule has 0 heterocycles. The zero-order chi connectivity index (χ0) is 76.7. The molecular weight excluding hydrogens is 1350 g/mol. The van der Waals surface area contributed by atoms with Gasteiger partial charge in [0.1, 0.15) is 19.3 Å². The van der Waals surface area contributed by atoms with E-state index in [1.54, 1.807) is 0 Å². The fourth-order valence-corrected chi connectivity index (χ4v) is 14.7. The van der Waals surface area contributed by atoms with Crippen molar-refractivity contribution in [3.63, 3.8) is 0 Å². The van der Waals surface area contributed by atoms with Gasteiger partial charge in [0.05, 0.1) is 26.4 Å². The van der Waals surface area contributed by atoms with Gasteiger partial charge in [-0.1, -0.05) is 389 Å². The summed E-state index contributed by atoms with van der Waals surface area (Å²) in [6, 6.07) is 0. The molecule has 0 aliphatic carbocycles. The maximum absolute atomic E-state index is 13.1. The van der Waals surface area contributed by atoms with Crippen LogP contribution in [-0.4, -0.2) is 96.7 Å². The second-order valence-electron chi connectivity index (χ2n) is 32.0. The van der Waals surface area contributed by atoms with E-state index in [1.165, 1.54) is 238 Å². The van der Waals surface area contributed by atoms with Gasteiger partial charge in [-0.2, -0.15) is 0 Å². The molecule has 0 spiro atoms. The summed E-state index contributed by atoms with van der Waals surface area (Å²) in [6.45, 7) is 14.3. The van der Waals surface area contributed by atoms with Crippen molar-refractivity contribution in [2.24, 2.45) is 23.7 Å². The zero-order valence-corrected chi connectivity index (χ0v) is 70.5. The number of hydrogen-bond acceptors (Lipinski definition) is 15. The van der Waals surface area contributed by atoms with Gasteiger partial charge in [-0.15, -0.1) is 0 Å². The van der Waals surface area contributed by atoms with Crippen LogP contribution in [0.4, 0.5) is 0 Å². The van der Waals surface area contributed by atoms with Crippen molar-refractivity contribution in [2.75, 3.05) is 39.6 Å². The van der Waals surface area contributed by atoms with Gasteiger partial charge >= 0.3 is 39.5 Å². The minimum Gasteiger partial charge on any atom is -0.462 e. The van der Waals surface area contributed by atoms with Gasteiger partial charge in [0, 0.05) is 25.7 Å². The van der Waals surface area contributed by atoms with E-state index in [0.29, 0.717) is 31.6 Å². The van der Waals surface area contributed by atoms with Gasteiger partial charge in [-0.05, 0) is 49.4 Å². The topological polar surface area (TPSA) is 237 Å². The lowest BCUT2D eigenvalue weighted by Gasteiger charge is -2.21. The molecule has 0 aromatic rings. The maximum Gasteiger partial charge on any atom is 0.472 e. The first kappa shape index (κ1) is 102. The number of rotatable bonds is 82. The fourth-order valence-electron chi connectivity index (χ4n) is 13.1. The minimum absolute atomic E-state index is 0.106. The van der Waals surface area contributed by atoms with Crippen LogP contribution in [0.2, 0.25) is 0 Å². The number of carbonyl (C=O) groups is 4. The molecule has 0 saturated heterocycles. The lowest BCUT2D eigenvalue weighted by molar-refractivity contribution is -0.161. The second kappa shape index (κ2) is 73.8. The molecule has 0 aromatic heterocycles. The molecule has 0 radical (unpaired) electrons. The molecule has 0 saturated carbocycles. The van der Waals surface area contributed by atoms with E-state index in [2.05, 4.69) is 55.4 Å². The van der Waals surface area contributed by atoms with Crippen molar-refractivity contribution in [3.8, 4) is 0 Å². The SMILES string of the molecule is CCC(C)CCCCCCCCCCCCCCCCCCCCC(=O)O[C@H](COC(=O)CCCCCCCCCCCCCCCCC(C)CC)COP(=O)(O)OC[C@@H](O)COP(=O)(O)OC[C@@H](COC(=O)CCCCCCCCC(C)C)OC(=O)CCCCCCCCCCCCCCC(C)C. The monoisotopic (exact) mass is 1520 g/mol. The predicted molar refractivity (Wildman–Crippen MR) is 428 cm³/mol. The fraction of sp³-hybridized carbons (Fsp3) is 0.953. The van der Waals surface area contributed by atoms with Gasteiger partial charge in [0.15, 0.2) is 12.2 Å². The number of aliphatic hydroxyl groups is 1. The predicted octanol–water partition coefficient (Wildman–Crippen LogP) is 25.6. The third kappa shape index (κ3) is 75.5. The molecule has 7 atom stereocenters. The summed E-state index contributed by atoms with van der Waals surface area (Å²) in [4.78, 5) is 73.1. The highest BCUT2D eigenvalue weighted by atomic mass is 31.2. The molecule has 0 rings (SSSR count). The van der Waals surface area contributed by atoms with Crippen molar-refractivity contribution in [1.29, 1.82) is 0 Å². The highest BCUT2D eigenvalue weighted by Gasteiger charge is 2.30. The van der Waals surface area contributed by atoms with Gasteiger partial charge in [-0.25, -0.2) is 9.13 Å². The van der Waals surface area contributed by atoms with Gasteiger partial charge < -0.3 is 33.8 Å². The number of aliphatic hydroxyl groups excluding tert-OH is 1. The molecule has 3 N–H and O–H groups in total. The summed E-state index contributed by atoms with van der Waals surface area (Å²) in [5.74, 6) is 1.07. The number of carbonyl (C=O) groups excluding carboxylic acids is 4. The summed E-state index contributed by atoms with van der Waals surface area (Å²) in [6.07, 6.45) is 62.6. The summed E-state index contributed by atoms with van der Waals surface area (Å²) < 4.78 is 68.8. The van der Waals surface area contributed by atoms with Crippen molar-refractivity contribution >= 4 is 39.5 Å². The average Bonchev–Trinajstić information content (AvgIpc) is 0.910. The highest BCUT2D eigenvalue weighted by molar-refractivity contribution is 7.47. The van der Waals surface area contributed by atoms with Crippen molar-refractivity contribution in [2.45, 2.75) is 459 Å². The first-order chi connectivity index (χ1) is 50.2. The Bertz CT molecular complexity index is 2030. The number of hydrogen-bond donors (Lipinski definition) is 3. The molecule has 19 heteroatoms. The summed E-state index contributed by atoms with van der Waals surface area (Å²) in [5.41, 5.74) is 0. The Hall–Kier alpha value is -1.94. The number of unbranched alkanes of at least 4 members (excludes halogenated alkanes) is 46. The van der Waals surface area contributed by atoms with Crippen LogP contribution >= 0.6 is 15.6 Å². The van der Waals surface area contributed by atoms with Gasteiger partial charge in [0.25, 0.3) is 0 Å². The summed E-state index contributed by atoms with van der Waals surface area (Å²) in [7, 11) is -9.93. The summed E-state index contributed by atoms with van der Waals surface area (Å²) >= 11 is 0. The average molecular weight is 1520 g/mol. The van der Waals surface area contributed by atoms with E-state index in [9.17, 15) is 43.2 Å². The Morgan fingerprint density at radius 1 is 0.269 bits per heavy atom. The molecule has 0 aromatic carbocycles. The molecule has 0 amide bonds. The first-order valence-electron chi connectivity index (χ1n) is 43.8. The summed E-state index contributed by atoms with van der Waals surface area (Å²) in [5, 5.41) is 10.7. The molecule has 0 aliphatic rings. The van der Waals surface area contributed by atoms with Crippen molar-refractivity contribution in [1.82, 2.24) is 0 Å². The van der Waals surface area contributed by atoms with Crippen LogP contribution < -0.4 is 0 Å². The number of esters is 4. The Kier molecular flexibility index (Phi) is 72.5. The molecule has 4 unspecified atom stereocenters. The van der Waals surface area contributed by atoms with Crippen molar-refractivity contribution < 1.29 is 80.2 Å². The zero-order valence-electron chi connectivity index (χ0n) is 68.7. The highest BCUT2D eigenvalue weighted by Crippen LogP contribution is 2.45. The van der Waals surface area contributed by atoms with Crippen LogP contribution in [0.25, 0.3) is 0 Å². The van der Waals surface area contributed by atoms with E-state index >= 15 is 0 Å². The first-order valence-corrected chi connectivity index (χ1v) is 46.8. The lowest BCUT2D eigenvalue weighted by Crippen LogP contribution is -2.30. The number of ether oxygens (including phenoxy) is 4. The third-order valence-electron chi connectivity index (χ3n) is 20.5. The van der Waals surface area contributed by atoms with E-state index in [-0.39, 0.29) is 25.7 Å². The van der Waals surface area contributed by atoms with Crippen LogP contribution in [0.5, 0.6) is 0 Å². The van der Waals surface area contributed by atoms with E-state index in [0.717, 1.165) is 114 Å². The van der Waals surface area contributed by atoms with E-state index in [4.69, 9.17) is 37.0 Å². The van der Waals surface area contributed by atoms with Crippen LogP contribution in [0, 0.1) is 23.7 Å². The Labute approximate surface area is 638 Å². The van der Waals surface area contributed by atoms with Crippen LogP contribution in [0.3, 0.4) is 0 Å². The molecule has 104 heavy (non-hydrogen) atoms. The van der Waals surface area contributed by atoms with Crippen LogP contribution in [0.15, 0.2) is 0 Å². The van der Waals surface area contributed by atoms with Gasteiger partial charge in [0.2, 0.25) is 0 Å². The standard InChI is InChI=1S/C85H166O17P2/c1-9-77(7)63-55-47-38-32-26-19-15-13-11-12-14-16-22-29-35-41-51-59-67-84(89)101-80(71-95-82(87)65-57-49-40-34-28-21-18-17-20-27-33-39-48-56-64-78(8)10-2)73-99-103(91,92)97-69-79(86)70-98-104(93,94)100-74-81(72-96-83(88)66-58-50-44-43-46-54-62-76(5)6)102-85(90)68-60-52-42-36-30-24-23-25-31-37-45-53-61-75(3)4/h75-81,86H,9-74H2,1-8H3,(H,91,92)(H,93,94)/t77?,78?,79-,80-,81-/m1/s1. The molecule has 618 valence electrons. The number of phosphoric ester groups is 2. The Morgan fingerprint density at radius 2 is 0.462 bits per heavy atom. The molecule has 0 bridgehead atoms. The van der Waals surface area contributed by atoms with Crippen molar-refractivity contribution in [3.05, 3.63) is 0 Å². The smallest absolute Gasteiger partial charge is 0.462 e. The second-order valence-corrected chi connectivity index (χ2v) is 34.9. The molecule has 17 nitrogen and oxygen atoms in total. The lowest BCUT2D eigenvalue weighted by atomic mass is 9.99. The normalized spacial score (nSPS) is 14.5. The molecule has 0 fully saturated rings. The number of phosphoric acid groups is 2. The largest absolute Gasteiger partial charge is 0.472 e. The Balaban J connectivity index is 5.22.